The second-order valence-corrected chi connectivity index (χ2v) is 7.66. The SMILES string of the molecule is NC(=O)[C@H](NC(=O)c1cc(C(=O)NCc2cccc(OC(F)F)c2)ncn1)c1ccc(-c2nn[nH]n2)cc1. The van der Waals surface area contributed by atoms with Crippen LogP contribution in [-0.4, -0.2) is 54.9 Å². The summed E-state index contributed by atoms with van der Waals surface area (Å²) in [6.45, 7) is -3.00. The van der Waals surface area contributed by atoms with Gasteiger partial charge in [-0.1, -0.05) is 36.4 Å². The molecule has 0 aliphatic carbocycles. The Morgan fingerprint density at radius 2 is 1.74 bits per heavy atom. The largest absolute Gasteiger partial charge is 0.435 e. The van der Waals surface area contributed by atoms with Crippen LogP contribution in [-0.2, 0) is 11.3 Å². The van der Waals surface area contributed by atoms with E-state index in [-0.39, 0.29) is 23.7 Å². The zero-order chi connectivity index (χ0) is 27.1. The van der Waals surface area contributed by atoms with E-state index in [4.69, 9.17) is 5.73 Å². The molecule has 2 aromatic heterocycles. The molecule has 0 unspecified atom stereocenters. The number of rotatable bonds is 10. The minimum atomic E-state index is -2.98. The van der Waals surface area contributed by atoms with Crippen LogP contribution in [0.5, 0.6) is 5.75 Å². The van der Waals surface area contributed by atoms with Gasteiger partial charge >= 0.3 is 6.61 Å². The first-order valence-corrected chi connectivity index (χ1v) is 10.9. The summed E-state index contributed by atoms with van der Waals surface area (Å²) in [7, 11) is 0. The number of primary amides is 1. The van der Waals surface area contributed by atoms with Crippen LogP contribution in [0.25, 0.3) is 11.4 Å². The van der Waals surface area contributed by atoms with E-state index >= 15 is 0 Å². The Morgan fingerprint density at radius 3 is 2.39 bits per heavy atom. The lowest BCUT2D eigenvalue weighted by atomic mass is 10.0. The van der Waals surface area contributed by atoms with Gasteiger partial charge in [0, 0.05) is 18.2 Å². The summed E-state index contributed by atoms with van der Waals surface area (Å²) < 4.78 is 29.2. The molecule has 0 aliphatic rings. The smallest absolute Gasteiger partial charge is 0.387 e. The van der Waals surface area contributed by atoms with Gasteiger partial charge in [0.15, 0.2) is 0 Å². The fourth-order valence-electron chi connectivity index (χ4n) is 3.34. The fraction of sp³-hybridized carbons (Fsp3) is 0.130. The second kappa shape index (κ2) is 11.6. The van der Waals surface area contributed by atoms with Crippen molar-refractivity contribution in [2.75, 3.05) is 0 Å². The van der Waals surface area contributed by atoms with Gasteiger partial charge in [-0.25, -0.2) is 9.97 Å². The molecule has 2 heterocycles. The van der Waals surface area contributed by atoms with Gasteiger partial charge in [0.2, 0.25) is 11.7 Å². The maximum Gasteiger partial charge on any atom is 0.387 e. The Kier molecular flexibility index (Phi) is 7.86. The third-order valence-corrected chi connectivity index (χ3v) is 5.12. The van der Waals surface area contributed by atoms with Crippen LogP contribution in [0, 0.1) is 0 Å². The highest BCUT2D eigenvalue weighted by Gasteiger charge is 2.23. The molecule has 13 nitrogen and oxygen atoms in total. The number of alkyl halides is 2. The average molecular weight is 523 g/mol. The van der Waals surface area contributed by atoms with E-state index in [1.54, 1.807) is 30.3 Å². The molecule has 0 fully saturated rings. The summed E-state index contributed by atoms with van der Waals surface area (Å²) in [5.74, 6) is -1.95. The van der Waals surface area contributed by atoms with Gasteiger partial charge in [-0.2, -0.15) is 14.0 Å². The van der Waals surface area contributed by atoms with Gasteiger partial charge in [0.25, 0.3) is 11.8 Å². The van der Waals surface area contributed by atoms with Crippen molar-refractivity contribution in [3.05, 3.63) is 83.4 Å². The average Bonchev–Trinajstić information content (AvgIpc) is 3.45. The maximum atomic E-state index is 12.8. The molecule has 0 bridgehead atoms. The highest BCUT2D eigenvalue weighted by atomic mass is 19.3. The van der Waals surface area contributed by atoms with Crippen molar-refractivity contribution in [2.24, 2.45) is 5.73 Å². The molecule has 0 aliphatic heterocycles. The number of aromatic nitrogens is 6. The molecule has 2 aromatic carbocycles. The number of amides is 3. The lowest BCUT2D eigenvalue weighted by Gasteiger charge is -2.16. The van der Waals surface area contributed by atoms with Crippen molar-refractivity contribution in [1.29, 1.82) is 0 Å². The highest BCUT2D eigenvalue weighted by molar-refractivity contribution is 5.99. The molecule has 0 saturated heterocycles. The summed E-state index contributed by atoms with van der Waals surface area (Å²) in [5.41, 5.74) is 6.69. The number of hydrogen-bond acceptors (Lipinski definition) is 9. The number of halogens is 2. The molecule has 0 saturated carbocycles. The predicted octanol–water partition coefficient (Wildman–Crippen LogP) is 1.14. The first-order valence-electron chi connectivity index (χ1n) is 10.9. The molecule has 194 valence electrons. The van der Waals surface area contributed by atoms with Crippen LogP contribution in [0.15, 0.2) is 60.9 Å². The van der Waals surface area contributed by atoms with E-state index in [1.165, 1.54) is 18.2 Å². The number of hydrogen-bond donors (Lipinski definition) is 4. The first kappa shape index (κ1) is 25.7. The maximum absolute atomic E-state index is 12.8. The topological polar surface area (TPSA) is 191 Å². The Morgan fingerprint density at radius 1 is 1.00 bits per heavy atom. The number of ether oxygens (including phenoxy) is 1. The van der Waals surface area contributed by atoms with Crippen molar-refractivity contribution >= 4 is 17.7 Å². The molecule has 0 radical (unpaired) electrons. The van der Waals surface area contributed by atoms with Gasteiger partial charge in [0.05, 0.1) is 0 Å². The predicted molar refractivity (Wildman–Crippen MR) is 125 cm³/mol. The third kappa shape index (κ3) is 6.45. The molecule has 38 heavy (non-hydrogen) atoms. The van der Waals surface area contributed by atoms with E-state index < -0.39 is 30.4 Å². The van der Waals surface area contributed by atoms with Crippen LogP contribution in [0.1, 0.15) is 38.1 Å². The summed E-state index contributed by atoms with van der Waals surface area (Å²) in [4.78, 5) is 45.2. The Balaban J connectivity index is 1.42. The van der Waals surface area contributed by atoms with E-state index in [9.17, 15) is 23.2 Å². The van der Waals surface area contributed by atoms with Crippen LogP contribution in [0.3, 0.4) is 0 Å². The van der Waals surface area contributed by atoms with Crippen molar-refractivity contribution in [3.63, 3.8) is 0 Å². The quantitative estimate of drug-likeness (QED) is 0.236. The standard InChI is InChI=1S/C23H19F2N9O4/c24-23(25)38-15-3-1-2-12(8-15)10-27-21(36)16-9-17(29-11-28-16)22(37)30-18(19(26)35)13-4-6-14(7-5-13)20-31-33-34-32-20/h1-9,11,18,23H,10H2,(H2,26,35)(H,27,36)(H,30,37)(H,31,32,33,34)/t18-/m1/s1. The van der Waals surface area contributed by atoms with E-state index in [1.807, 2.05) is 0 Å². The number of nitrogens with one attached hydrogen (secondary N) is 3. The van der Waals surface area contributed by atoms with Crippen LogP contribution in [0.2, 0.25) is 0 Å². The van der Waals surface area contributed by atoms with Crippen molar-refractivity contribution in [2.45, 2.75) is 19.2 Å². The zero-order valence-corrected chi connectivity index (χ0v) is 19.3. The molecule has 4 aromatic rings. The number of H-pyrrole nitrogens is 1. The van der Waals surface area contributed by atoms with Crippen molar-refractivity contribution < 1.29 is 27.9 Å². The molecule has 0 spiro atoms. The molecule has 1 atom stereocenters. The molecule has 4 rings (SSSR count). The number of aromatic amines is 1. The van der Waals surface area contributed by atoms with E-state index in [0.717, 1.165) is 12.4 Å². The zero-order valence-electron chi connectivity index (χ0n) is 19.3. The Hall–Kier alpha value is -5.34. The molecular weight excluding hydrogens is 504 g/mol. The summed E-state index contributed by atoms with van der Waals surface area (Å²) in [6, 6.07) is 12.2. The molecule has 3 amide bonds. The third-order valence-electron chi connectivity index (χ3n) is 5.12. The van der Waals surface area contributed by atoms with Gasteiger partial charge in [-0.3, -0.25) is 14.4 Å². The Labute approximate surface area is 212 Å². The summed E-state index contributed by atoms with van der Waals surface area (Å²) >= 11 is 0. The van der Waals surface area contributed by atoms with Crippen molar-refractivity contribution in [3.8, 4) is 17.1 Å². The molecule has 15 heteroatoms. The second-order valence-electron chi connectivity index (χ2n) is 7.66. The van der Waals surface area contributed by atoms with Crippen LogP contribution >= 0.6 is 0 Å². The van der Waals surface area contributed by atoms with Gasteiger partial charge in [0.1, 0.15) is 29.5 Å². The monoisotopic (exact) mass is 523 g/mol. The van der Waals surface area contributed by atoms with Crippen LogP contribution < -0.4 is 21.1 Å². The van der Waals surface area contributed by atoms with Crippen molar-refractivity contribution in [1.82, 2.24) is 41.2 Å². The van der Waals surface area contributed by atoms with Gasteiger partial charge in [-0.15, -0.1) is 10.2 Å². The normalized spacial score (nSPS) is 11.6. The number of nitrogens with two attached hydrogens (primary N) is 1. The number of carbonyl (C=O) groups excluding carboxylic acids is 3. The highest BCUT2D eigenvalue weighted by Crippen LogP contribution is 2.19. The Bertz CT molecular complexity index is 1430. The lowest BCUT2D eigenvalue weighted by Crippen LogP contribution is -2.38. The number of carbonyl (C=O) groups is 3. The number of benzene rings is 2. The minimum Gasteiger partial charge on any atom is -0.435 e. The van der Waals surface area contributed by atoms with Crippen LogP contribution in [0.4, 0.5) is 8.78 Å². The fourth-order valence-corrected chi connectivity index (χ4v) is 3.34. The van der Waals surface area contributed by atoms with E-state index in [2.05, 4.69) is 46.0 Å². The minimum absolute atomic E-state index is 0.0194. The lowest BCUT2D eigenvalue weighted by molar-refractivity contribution is -0.120. The first-order chi connectivity index (χ1) is 18.3. The van der Waals surface area contributed by atoms with Gasteiger partial charge < -0.3 is 21.1 Å². The number of tetrazole rings is 1. The van der Waals surface area contributed by atoms with E-state index in [0.29, 0.717) is 22.5 Å². The number of nitrogens with zero attached hydrogens (tertiary/aromatic N) is 5. The van der Waals surface area contributed by atoms with Gasteiger partial charge in [-0.05, 0) is 28.5 Å². The summed E-state index contributed by atoms with van der Waals surface area (Å²) in [6.07, 6.45) is 1.01. The molecule has 5 N–H and O–H groups in total. The summed E-state index contributed by atoms with van der Waals surface area (Å²) in [5, 5.41) is 18.6. The molecular formula is C23H19F2N9O4.